The quantitative estimate of drug-likeness (QED) is 0.663. The molecule has 0 amide bonds. The van der Waals surface area contributed by atoms with Gasteiger partial charge in [-0.1, -0.05) is 20.8 Å². The number of rotatable bonds is 3. The van der Waals surface area contributed by atoms with Crippen LogP contribution in [0.4, 0.5) is 0 Å². The van der Waals surface area contributed by atoms with E-state index >= 15 is 0 Å². The number of benzene rings is 1. The first-order chi connectivity index (χ1) is 10.7. The molecule has 0 aliphatic heterocycles. The summed E-state index contributed by atoms with van der Waals surface area (Å²) in [6, 6.07) is 4.78. The topological polar surface area (TPSA) is 92.5 Å². The fourth-order valence-corrected chi connectivity index (χ4v) is 2.07. The van der Waals surface area contributed by atoms with Gasteiger partial charge < -0.3 is 9.84 Å². The highest BCUT2D eigenvalue weighted by atomic mass is 32.1. The van der Waals surface area contributed by atoms with Crippen molar-refractivity contribution in [2.24, 2.45) is 5.10 Å². The molecule has 2 rings (SSSR count). The third-order valence-corrected chi connectivity index (χ3v) is 3.35. The highest BCUT2D eigenvalue weighted by Gasteiger charge is 2.21. The number of H-pyrrole nitrogens is 1. The second-order valence-electron chi connectivity index (χ2n) is 5.92. The van der Waals surface area contributed by atoms with Crippen LogP contribution >= 0.6 is 12.2 Å². The highest BCUT2D eigenvalue weighted by Crippen LogP contribution is 2.25. The van der Waals surface area contributed by atoms with E-state index in [1.54, 1.807) is 12.1 Å². The van der Waals surface area contributed by atoms with Gasteiger partial charge in [0, 0.05) is 5.41 Å². The molecule has 7 nitrogen and oxygen atoms in total. The van der Waals surface area contributed by atoms with E-state index in [-0.39, 0.29) is 16.1 Å². The van der Waals surface area contributed by atoms with Gasteiger partial charge in [-0.05, 0) is 36.0 Å². The number of aromatic nitrogens is 3. The summed E-state index contributed by atoms with van der Waals surface area (Å²) in [7, 11) is 1.46. The Kier molecular flexibility index (Phi) is 4.65. The minimum atomic E-state index is -0.438. The van der Waals surface area contributed by atoms with Crippen LogP contribution in [0.1, 0.15) is 32.0 Å². The molecule has 0 atom stereocenters. The molecule has 0 fully saturated rings. The molecule has 0 radical (unpaired) electrons. The maximum atomic E-state index is 12.5. The molecule has 23 heavy (non-hydrogen) atoms. The average molecular weight is 334 g/mol. The summed E-state index contributed by atoms with van der Waals surface area (Å²) in [6.45, 7) is 5.63. The van der Waals surface area contributed by atoms with E-state index in [0.29, 0.717) is 17.0 Å². The molecule has 2 N–H and O–H groups in total. The first-order valence-electron chi connectivity index (χ1n) is 6.87. The molecule has 8 heteroatoms. The minimum Gasteiger partial charge on any atom is -0.504 e. The molecule has 0 bridgehead atoms. The summed E-state index contributed by atoms with van der Waals surface area (Å²) in [6.07, 6.45) is 1.43. The number of ether oxygens (including phenoxy) is 1. The van der Waals surface area contributed by atoms with E-state index in [1.807, 2.05) is 20.8 Å². The second-order valence-corrected chi connectivity index (χ2v) is 6.31. The zero-order valence-corrected chi connectivity index (χ0v) is 14.1. The van der Waals surface area contributed by atoms with Crippen molar-refractivity contribution in [3.05, 3.63) is 44.6 Å². The lowest BCUT2D eigenvalue weighted by molar-refractivity contribution is 0.373. The predicted octanol–water partition coefficient (Wildman–Crippen LogP) is 2.19. The monoisotopic (exact) mass is 334 g/mol. The smallest absolute Gasteiger partial charge is 0.297 e. The van der Waals surface area contributed by atoms with Crippen molar-refractivity contribution in [1.29, 1.82) is 0 Å². The van der Waals surface area contributed by atoms with Crippen molar-refractivity contribution < 1.29 is 9.84 Å². The van der Waals surface area contributed by atoms with Crippen molar-refractivity contribution in [3.63, 3.8) is 0 Å². The van der Waals surface area contributed by atoms with E-state index in [1.165, 1.54) is 19.4 Å². The Balaban J connectivity index is 2.46. The maximum Gasteiger partial charge on any atom is 0.297 e. The Morgan fingerprint density at radius 3 is 2.70 bits per heavy atom. The normalized spacial score (nSPS) is 11.8. The van der Waals surface area contributed by atoms with Crippen molar-refractivity contribution in [2.45, 2.75) is 26.2 Å². The molecule has 0 aliphatic carbocycles. The summed E-state index contributed by atoms with van der Waals surface area (Å²) in [5.74, 6) is 0.342. The molecule has 0 saturated heterocycles. The van der Waals surface area contributed by atoms with E-state index in [9.17, 15) is 9.90 Å². The van der Waals surface area contributed by atoms with Crippen LogP contribution in [0.25, 0.3) is 0 Å². The fourth-order valence-electron chi connectivity index (χ4n) is 1.90. The van der Waals surface area contributed by atoms with Crippen molar-refractivity contribution in [3.8, 4) is 11.5 Å². The summed E-state index contributed by atoms with van der Waals surface area (Å²) in [5, 5.41) is 20.5. The molecule has 0 aliphatic rings. The van der Waals surface area contributed by atoms with Gasteiger partial charge in [0.2, 0.25) is 4.77 Å². The highest BCUT2D eigenvalue weighted by molar-refractivity contribution is 7.71. The first-order valence-corrected chi connectivity index (χ1v) is 7.28. The minimum absolute atomic E-state index is 0.0148. The predicted molar refractivity (Wildman–Crippen MR) is 90.0 cm³/mol. The van der Waals surface area contributed by atoms with Crippen LogP contribution in [0.5, 0.6) is 11.5 Å². The van der Waals surface area contributed by atoms with Gasteiger partial charge in [0.05, 0.1) is 13.3 Å². The van der Waals surface area contributed by atoms with Crippen molar-refractivity contribution in [1.82, 2.24) is 14.9 Å². The van der Waals surface area contributed by atoms with Crippen LogP contribution in [0.3, 0.4) is 0 Å². The SMILES string of the molecule is COc1ccc(/C=N\n2c(=S)[nH]nc(C(C)(C)C)c2=O)cc1O. The molecule has 122 valence electrons. The number of phenols is 1. The Hall–Kier alpha value is -2.48. The van der Waals surface area contributed by atoms with Gasteiger partial charge in [-0.2, -0.15) is 14.9 Å². The van der Waals surface area contributed by atoms with Crippen LogP contribution in [-0.4, -0.2) is 33.3 Å². The Morgan fingerprint density at radius 1 is 1.43 bits per heavy atom. The van der Waals surface area contributed by atoms with Gasteiger partial charge in [0.1, 0.15) is 5.69 Å². The van der Waals surface area contributed by atoms with Crippen LogP contribution in [0.15, 0.2) is 28.1 Å². The largest absolute Gasteiger partial charge is 0.504 e. The first kappa shape index (κ1) is 16.9. The second kappa shape index (κ2) is 6.33. The van der Waals surface area contributed by atoms with Gasteiger partial charge >= 0.3 is 0 Å². The molecule has 1 aromatic carbocycles. The molecule has 1 aromatic heterocycles. The van der Waals surface area contributed by atoms with Crippen LogP contribution in [0, 0.1) is 4.77 Å². The average Bonchev–Trinajstić information content (AvgIpc) is 2.45. The Labute approximate surface area is 138 Å². The third-order valence-electron chi connectivity index (χ3n) is 3.09. The number of aromatic amines is 1. The number of aromatic hydroxyl groups is 1. The zero-order valence-electron chi connectivity index (χ0n) is 13.3. The lowest BCUT2D eigenvalue weighted by Gasteiger charge is -2.16. The van der Waals surface area contributed by atoms with Gasteiger partial charge in [-0.3, -0.25) is 9.89 Å². The van der Waals surface area contributed by atoms with Gasteiger partial charge in [0.15, 0.2) is 11.5 Å². The van der Waals surface area contributed by atoms with Crippen molar-refractivity contribution in [2.75, 3.05) is 7.11 Å². The van der Waals surface area contributed by atoms with Crippen molar-refractivity contribution >= 4 is 18.4 Å². The third kappa shape index (κ3) is 3.65. The number of hydrogen-bond donors (Lipinski definition) is 2. The Morgan fingerprint density at radius 2 is 2.13 bits per heavy atom. The molecule has 1 heterocycles. The van der Waals surface area contributed by atoms with E-state index in [0.717, 1.165) is 4.68 Å². The Bertz CT molecular complexity index is 862. The molecular weight excluding hydrogens is 316 g/mol. The van der Waals surface area contributed by atoms with Crippen LogP contribution < -0.4 is 10.3 Å². The summed E-state index contributed by atoms with van der Waals surface area (Å²) >= 11 is 5.06. The van der Waals surface area contributed by atoms with E-state index in [2.05, 4.69) is 15.3 Å². The number of nitrogens with one attached hydrogen (secondary N) is 1. The standard InChI is InChI=1S/C15H18N4O3S/c1-15(2,3)12-13(21)19(14(23)18-17-12)16-8-9-5-6-11(22-4)10(20)7-9/h5-8,20H,1-4H3,(H,18,23)/b16-8-. The lowest BCUT2D eigenvalue weighted by atomic mass is 9.93. The van der Waals surface area contributed by atoms with Gasteiger partial charge in [0.25, 0.3) is 5.56 Å². The molecule has 0 spiro atoms. The molecule has 0 saturated carbocycles. The number of hydrogen-bond acceptors (Lipinski definition) is 6. The van der Waals surface area contributed by atoms with Gasteiger partial charge in [-0.25, -0.2) is 0 Å². The molecule has 2 aromatic rings. The zero-order chi connectivity index (χ0) is 17.2. The van der Waals surface area contributed by atoms with Crippen LogP contribution in [0.2, 0.25) is 0 Å². The number of phenolic OH excluding ortho intramolecular Hbond substituents is 1. The fraction of sp³-hybridized carbons (Fsp3) is 0.333. The molecule has 0 unspecified atom stereocenters. The summed E-state index contributed by atoms with van der Waals surface area (Å²) in [5.41, 5.74) is 0.112. The van der Waals surface area contributed by atoms with Gasteiger partial charge in [-0.15, -0.1) is 0 Å². The van der Waals surface area contributed by atoms with Crippen LogP contribution in [-0.2, 0) is 5.41 Å². The maximum absolute atomic E-state index is 12.5. The lowest BCUT2D eigenvalue weighted by Crippen LogP contribution is -2.32. The summed E-state index contributed by atoms with van der Waals surface area (Å²) < 4.78 is 6.14. The van der Waals surface area contributed by atoms with E-state index in [4.69, 9.17) is 17.0 Å². The molecular formula is C15H18N4O3S. The van der Waals surface area contributed by atoms with E-state index < -0.39 is 5.41 Å². The number of nitrogens with zero attached hydrogens (tertiary/aromatic N) is 3. The summed E-state index contributed by atoms with van der Waals surface area (Å²) in [4.78, 5) is 12.5. The number of methoxy groups -OCH3 is 1.